The number of carbonyl (C=O) groups is 1. The van der Waals surface area contributed by atoms with Crippen LogP contribution in [0.2, 0.25) is 0 Å². The zero-order valence-corrected chi connectivity index (χ0v) is 15.6. The Balaban J connectivity index is 0.00000242. The molecule has 0 aliphatic carbocycles. The van der Waals surface area contributed by atoms with E-state index in [1.807, 2.05) is 38.1 Å². The van der Waals surface area contributed by atoms with E-state index in [-0.39, 0.29) is 18.3 Å². The van der Waals surface area contributed by atoms with Crippen LogP contribution in [0.15, 0.2) is 28.7 Å². The van der Waals surface area contributed by atoms with Crippen LogP contribution in [0.3, 0.4) is 0 Å². The zero-order valence-electron chi connectivity index (χ0n) is 13.2. The van der Waals surface area contributed by atoms with Crippen LogP contribution in [0.25, 0.3) is 0 Å². The van der Waals surface area contributed by atoms with Gasteiger partial charge in [0.2, 0.25) is 5.91 Å². The van der Waals surface area contributed by atoms with Gasteiger partial charge in [0.1, 0.15) is 0 Å². The molecule has 1 aliphatic rings. The highest BCUT2D eigenvalue weighted by Crippen LogP contribution is 2.25. The SMILES string of the molecule is CC(C)(C(=O)NCCN1CCNCC1)c1cccc(Br)c1.Cl. The van der Waals surface area contributed by atoms with Crippen LogP contribution in [0, 0.1) is 0 Å². The topological polar surface area (TPSA) is 44.4 Å². The predicted molar refractivity (Wildman–Crippen MR) is 96.7 cm³/mol. The van der Waals surface area contributed by atoms with Crippen LogP contribution in [-0.2, 0) is 10.2 Å². The molecule has 0 aromatic heterocycles. The Morgan fingerprint density at radius 2 is 2.05 bits per heavy atom. The van der Waals surface area contributed by atoms with E-state index in [1.54, 1.807) is 0 Å². The highest BCUT2D eigenvalue weighted by atomic mass is 79.9. The molecule has 1 saturated heterocycles. The lowest BCUT2D eigenvalue weighted by atomic mass is 9.84. The average molecular weight is 391 g/mol. The summed E-state index contributed by atoms with van der Waals surface area (Å²) in [5.74, 6) is 0.0794. The highest BCUT2D eigenvalue weighted by Gasteiger charge is 2.29. The van der Waals surface area contributed by atoms with Crippen molar-refractivity contribution in [1.82, 2.24) is 15.5 Å². The first-order valence-corrected chi connectivity index (χ1v) is 8.27. The third-order valence-corrected chi connectivity index (χ3v) is 4.53. The fraction of sp³-hybridized carbons (Fsp3) is 0.562. The van der Waals surface area contributed by atoms with Gasteiger partial charge in [-0.1, -0.05) is 28.1 Å². The molecule has 1 aliphatic heterocycles. The van der Waals surface area contributed by atoms with Gasteiger partial charge >= 0.3 is 0 Å². The first-order valence-electron chi connectivity index (χ1n) is 7.47. The maximum absolute atomic E-state index is 12.5. The number of benzene rings is 1. The van der Waals surface area contributed by atoms with E-state index < -0.39 is 5.41 Å². The lowest BCUT2D eigenvalue weighted by Gasteiger charge is -2.28. The molecule has 1 amide bonds. The van der Waals surface area contributed by atoms with Crippen LogP contribution in [0.1, 0.15) is 19.4 Å². The van der Waals surface area contributed by atoms with Gasteiger partial charge in [-0.25, -0.2) is 0 Å². The standard InChI is InChI=1S/C16H24BrN3O.ClH/c1-16(2,13-4-3-5-14(17)12-13)15(21)19-8-11-20-9-6-18-7-10-20;/h3-5,12,18H,6-11H2,1-2H3,(H,19,21);1H. The quantitative estimate of drug-likeness (QED) is 0.810. The second kappa shape index (κ2) is 8.87. The smallest absolute Gasteiger partial charge is 0.230 e. The minimum Gasteiger partial charge on any atom is -0.354 e. The van der Waals surface area contributed by atoms with Crippen molar-refractivity contribution in [1.29, 1.82) is 0 Å². The van der Waals surface area contributed by atoms with Crippen molar-refractivity contribution in [2.45, 2.75) is 19.3 Å². The third kappa shape index (κ3) is 5.23. The number of hydrogen-bond acceptors (Lipinski definition) is 3. The Bertz CT molecular complexity index is 490. The van der Waals surface area contributed by atoms with Crippen molar-refractivity contribution in [3.8, 4) is 0 Å². The molecule has 2 N–H and O–H groups in total. The second-order valence-corrected chi connectivity index (χ2v) is 6.90. The molecule has 0 unspecified atom stereocenters. The molecular formula is C16H25BrClN3O. The zero-order chi connectivity index (χ0) is 15.3. The molecule has 124 valence electrons. The van der Waals surface area contributed by atoms with E-state index in [1.165, 1.54) is 0 Å². The van der Waals surface area contributed by atoms with E-state index in [4.69, 9.17) is 0 Å². The molecule has 1 heterocycles. The van der Waals surface area contributed by atoms with Crippen molar-refractivity contribution < 1.29 is 4.79 Å². The number of halogens is 2. The van der Waals surface area contributed by atoms with Crippen LogP contribution < -0.4 is 10.6 Å². The van der Waals surface area contributed by atoms with Gasteiger partial charge in [0.05, 0.1) is 5.41 Å². The molecule has 6 heteroatoms. The van der Waals surface area contributed by atoms with Gasteiger partial charge in [-0.2, -0.15) is 0 Å². The number of hydrogen-bond donors (Lipinski definition) is 2. The van der Waals surface area contributed by atoms with Gasteiger partial charge in [0.25, 0.3) is 0 Å². The first-order chi connectivity index (χ1) is 10.00. The van der Waals surface area contributed by atoms with E-state index >= 15 is 0 Å². The second-order valence-electron chi connectivity index (χ2n) is 5.98. The van der Waals surface area contributed by atoms with Gasteiger partial charge in [-0.3, -0.25) is 9.69 Å². The molecule has 0 bridgehead atoms. The summed E-state index contributed by atoms with van der Waals surface area (Å²) >= 11 is 3.46. The molecule has 0 radical (unpaired) electrons. The van der Waals surface area contributed by atoms with Gasteiger partial charge < -0.3 is 10.6 Å². The molecule has 0 saturated carbocycles. The molecule has 1 aromatic carbocycles. The Labute approximate surface area is 147 Å². The molecule has 1 fully saturated rings. The fourth-order valence-corrected chi connectivity index (χ4v) is 2.89. The van der Waals surface area contributed by atoms with Gasteiger partial charge in [-0.05, 0) is 31.5 Å². The van der Waals surface area contributed by atoms with Crippen molar-refractivity contribution in [2.24, 2.45) is 0 Å². The van der Waals surface area contributed by atoms with E-state index in [9.17, 15) is 4.79 Å². The number of amides is 1. The molecule has 2 rings (SSSR count). The van der Waals surface area contributed by atoms with Gasteiger partial charge in [0.15, 0.2) is 0 Å². The van der Waals surface area contributed by atoms with Crippen LogP contribution in [0.5, 0.6) is 0 Å². The predicted octanol–water partition coefficient (Wildman–Crippen LogP) is 2.17. The van der Waals surface area contributed by atoms with Crippen LogP contribution >= 0.6 is 28.3 Å². The molecule has 22 heavy (non-hydrogen) atoms. The third-order valence-electron chi connectivity index (χ3n) is 4.04. The monoisotopic (exact) mass is 389 g/mol. The normalized spacial score (nSPS) is 16.0. The average Bonchev–Trinajstić information content (AvgIpc) is 2.48. The van der Waals surface area contributed by atoms with Crippen molar-refractivity contribution in [2.75, 3.05) is 39.3 Å². The summed E-state index contributed by atoms with van der Waals surface area (Å²) in [7, 11) is 0. The van der Waals surface area contributed by atoms with Crippen LogP contribution in [-0.4, -0.2) is 50.1 Å². The highest BCUT2D eigenvalue weighted by molar-refractivity contribution is 9.10. The summed E-state index contributed by atoms with van der Waals surface area (Å²) in [6.07, 6.45) is 0. The summed E-state index contributed by atoms with van der Waals surface area (Å²) in [5, 5.41) is 6.40. The molecule has 0 spiro atoms. The Hall–Kier alpha value is -0.620. The van der Waals surface area contributed by atoms with E-state index in [2.05, 4.69) is 31.5 Å². The number of nitrogens with zero attached hydrogens (tertiary/aromatic N) is 1. The first kappa shape index (κ1) is 19.4. The van der Waals surface area contributed by atoms with Crippen molar-refractivity contribution in [3.05, 3.63) is 34.3 Å². The molecule has 1 aromatic rings. The Morgan fingerprint density at radius 3 is 2.68 bits per heavy atom. The Kier molecular flexibility index (Phi) is 7.83. The van der Waals surface area contributed by atoms with Crippen molar-refractivity contribution in [3.63, 3.8) is 0 Å². The molecule has 0 atom stereocenters. The van der Waals surface area contributed by atoms with Crippen molar-refractivity contribution >= 4 is 34.2 Å². The minimum absolute atomic E-state index is 0. The lowest BCUT2D eigenvalue weighted by molar-refractivity contribution is -0.125. The summed E-state index contributed by atoms with van der Waals surface area (Å²) in [6, 6.07) is 7.95. The van der Waals surface area contributed by atoms with E-state index in [0.717, 1.165) is 42.8 Å². The van der Waals surface area contributed by atoms with Gasteiger partial charge in [-0.15, -0.1) is 12.4 Å². The summed E-state index contributed by atoms with van der Waals surface area (Å²) in [5.41, 5.74) is 0.504. The van der Waals surface area contributed by atoms with Crippen LogP contribution in [0.4, 0.5) is 0 Å². The number of rotatable bonds is 5. The Morgan fingerprint density at radius 1 is 1.36 bits per heavy atom. The maximum Gasteiger partial charge on any atom is 0.230 e. The van der Waals surface area contributed by atoms with E-state index in [0.29, 0.717) is 6.54 Å². The summed E-state index contributed by atoms with van der Waals surface area (Å²) in [6.45, 7) is 9.76. The maximum atomic E-state index is 12.5. The summed E-state index contributed by atoms with van der Waals surface area (Å²) < 4.78 is 1.00. The molecule has 4 nitrogen and oxygen atoms in total. The number of piperazine rings is 1. The fourth-order valence-electron chi connectivity index (χ4n) is 2.49. The number of nitrogens with one attached hydrogen (secondary N) is 2. The summed E-state index contributed by atoms with van der Waals surface area (Å²) in [4.78, 5) is 14.8. The largest absolute Gasteiger partial charge is 0.354 e. The minimum atomic E-state index is -0.521. The number of carbonyl (C=O) groups excluding carboxylic acids is 1. The lowest BCUT2D eigenvalue weighted by Crippen LogP contribution is -2.48. The molecular weight excluding hydrogens is 366 g/mol. The van der Waals surface area contributed by atoms with Gasteiger partial charge in [0, 0.05) is 43.7 Å².